The van der Waals surface area contributed by atoms with E-state index in [2.05, 4.69) is 10.0 Å². The number of hydrogen-bond acceptors (Lipinski definition) is 3. The van der Waals surface area contributed by atoms with E-state index < -0.39 is 10.0 Å². The molecule has 1 amide bonds. The topological polar surface area (TPSA) is 75.3 Å². The van der Waals surface area contributed by atoms with Gasteiger partial charge in [-0.25, -0.2) is 8.42 Å². The normalized spacial score (nSPS) is 23.2. The van der Waals surface area contributed by atoms with Crippen LogP contribution in [0.2, 0.25) is 5.02 Å². The summed E-state index contributed by atoms with van der Waals surface area (Å²) in [6, 6.07) is 10.1. The first-order valence-corrected chi connectivity index (χ1v) is 11.8. The van der Waals surface area contributed by atoms with Gasteiger partial charge < -0.3 is 5.32 Å². The van der Waals surface area contributed by atoms with Crippen LogP contribution in [-0.4, -0.2) is 20.4 Å². The van der Waals surface area contributed by atoms with E-state index in [0.717, 1.165) is 24.0 Å². The van der Waals surface area contributed by atoms with E-state index in [4.69, 9.17) is 11.6 Å². The van der Waals surface area contributed by atoms with Crippen LogP contribution in [0.1, 0.15) is 47.2 Å². The molecule has 2 aliphatic rings. The fourth-order valence-corrected chi connectivity index (χ4v) is 6.33. The summed E-state index contributed by atoms with van der Waals surface area (Å²) in [6.07, 6.45) is 4.62. The Kier molecular flexibility index (Phi) is 5.34. The zero-order valence-corrected chi connectivity index (χ0v) is 18.1. The van der Waals surface area contributed by atoms with E-state index >= 15 is 0 Å². The van der Waals surface area contributed by atoms with E-state index in [1.54, 1.807) is 18.2 Å². The third-order valence-electron chi connectivity index (χ3n) is 6.01. The number of carbonyl (C=O) groups excluding carboxylic acids is 1. The van der Waals surface area contributed by atoms with E-state index in [1.165, 1.54) is 25.0 Å². The Hall–Kier alpha value is -2.05. The molecule has 0 aromatic heterocycles. The third kappa shape index (κ3) is 4.28. The number of rotatable bonds is 5. The standard InChI is InChI=1S/C22H25ClN2O3S/c1-13-7-14(2)9-18(8-13)25-29(27,28)21-12-17(5-6-19(21)23)22(26)24-20-11-15-3-4-16(20)10-15/h5-9,12,15-16,20,25H,3-4,10-11H2,1-2H3,(H,24,26)/t15-,16-,20-/m0/s1. The van der Waals surface area contributed by atoms with Gasteiger partial charge in [-0.3, -0.25) is 9.52 Å². The number of hydrogen-bond donors (Lipinski definition) is 2. The Bertz CT molecular complexity index is 1050. The first kappa shape index (κ1) is 20.2. The van der Waals surface area contributed by atoms with E-state index in [1.807, 2.05) is 19.9 Å². The van der Waals surface area contributed by atoms with Crippen LogP contribution >= 0.6 is 11.6 Å². The SMILES string of the molecule is Cc1cc(C)cc(NS(=O)(=O)c2cc(C(=O)N[C@H]3C[C@H]4CC[C@H]3C4)ccc2Cl)c1. The number of nitrogens with one attached hydrogen (secondary N) is 2. The minimum Gasteiger partial charge on any atom is -0.349 e. The van der Waals surface area contributed by atoms with E-state index in [-0.39, 0.29) is 21.9 Å². The predicted octanol–water partition coefficient (Wildman–Crippen LogP) is 4.68. The van der Waals surface area contributed by atoms with Gasteiger partial charge in [0.15, 0.2) is 0 Å². The molecular formula is C22H25ClN2O3S. The van der Waals surface area contributed by atoms with Crippen LogP contribution in [0.3, 0.4) is 0 Å². The maximum Gasteiger partial charge on any atom is 0.263 e. The van der Waals surface area contributed by atoms with Crippen LogP contribution in [-0.2, 0) is 10.0 Å². The van der Waals surface area contributed by atoms with Gasteiger partial charge >= 0.3 is 0 Å². The molecule has 3 atom stereocenters. The molecule has 2 aromatic carbocycles. The summed E-state index contributed by atoms with van der Waals surface area (Å²) in [5.41, 5.74) is 2.67. The Morgan fingerprint density at radius 2 is 1.76 bits per heavy atom. The molecule has 2 bridgehead atoms. The maximum atomic E-state index is 12.9. The first-order valence-electron chi connectivity index (χ1n) is 9.93. The predicted molar refractivity (Wildman–Crippen MR) is 115 cm³/mol. The lowest BCUT2D eigenvalue weighted by atomic mass is 9.95. The van der Waals surface area contributed by atoms with Crippen molar-refractivity contribution in [2.75, 3.05) is 4.72 Å². The van der Waals surface area contributed by atoms with Crippen molar-refractivity contribution >= 4 is 33.2 Å². The lowest BCUT2D eigenvalue weighted by Crippen LogP contribution is -2.38. The molecule has 2 fully saturated rings. The monoisotopic (exact) mass is 432 g/mol. The van der Waals surface area contributed by atoms with Crippen molar-refractivity contribution in [1.82, 2.24) is 5.32 Å². The molecule has 29 heavy (non-hydrogen) atoms. The number of benzene rings is 2. The Morgan fingerprint density at radius 3 is 2.38 bits per heavy atom. The molecule has 0 radical (unpaired) electrons. The van der Waals surface area contributed by atoms with Crippen LogP contribution in [0.4, 0.5) is 5.69 Å². The van der Waals surface area contributed by atoms with Crippen molar-refractivity contribution in [1.29, 1.82) is 0 Å². The zero-order valence-electron chi connectivity index (χ0n) is 16.5. The van der Waals surface area contributed by atoms with Crippen molar-refractivity contribution < 1.29 is 13.2 Å². The number of fused-ring (bicyclic) bond motifs is 2. The number of halogens is 1. The summed E-state index contributed by atoms with van der Waals surface area (Å²) in [5.74, 6) is 1.01. The number of aryl methyl sites for hydroxylation is 2. The summed E-state index contributed by atoms with van der Waals surface area (Å²) >= 11 is 6.19. The molecule has 0 saturated heterocycles. The summed E-state index contributed by atoms with van der Waals surface area (Å²) < 4.78 is 28.5. The molecule has 2 aromatic rings. The fourth-order valence-electron chi connectivity index (χ4n) is 4.77. The maximum absolute atomic E-state index is 12.9. The van der Waals surface area contributed by atoms with Gasteiger partial charge in [0.05, 0.1) is 5.02 Å². The molecule has 2 N–H and O–H groups in total. The molecular weight excluding hydrogens is 408 g/mol. The number of anilines is 1. The average Bonchev–Trinajstić information content (AvgIpc) is 3.23. The summed E-state index contributed by atoms with van der Waals surface area (Å²) in [6.45, 7) is 3.80. The Morgan fingerprint density at radius 1 is 1.03 bits per heavy atom. The summed E-state index contributed by atoms with van der Waals surface area (Å²) in [4.78, 5) is 12.6. The van der Waals surface area contributed by atoms with Gasteiger partial charge in [0, 0.05) is 17.3 Å². The van der Waals surface area contributed by atoms with Gasteiger partial charge in [0.1, 0.15) is 4.90 Å². The molecule has 2 aliphatic carbocycles. The number of sulfonamides is 1. The molecule has 0 unspecified atom stereocenters. The quantitative estimate of drug-likeness (QED) is 0.720. The molecule has 0 heterocycles. The van der Waals surface area contributed by atoms with Gasteiger partial charge in [-0.1, -0.05) is 24.1 Å². The summed E-state index contributed by atoms with van der Waals surface area (Å²) in [7, 11) is -3.93. The van der Waals surface area contributed by atoms with Gasteiger partial charge in [-0.2, -0.15) is 0 Å². The van der Waals surface area contributed by atoms with Gasteiger partial charge in [-0.15, -0.1) is 0 Å². The van der Waals surface area contributed by atoms with Crippen LogP contribution in [0.15, 0.2) is 41.3 Å². The Labute approximate surface area is 176 Å². The van der Waals surface area contributed by atoms with Crippen LogP contribution in [0.5, 0.6) is 0 Å². The minimum absolute atomic E-state index is 0.0818. The second-order valence-electron chi connectivity index (χ2n) is 8.38. The Balaban J connectivity index is 1.56. The van der Waals surface area contributed by atoms with Gasteiger partial charge in [0.25, 0.3) is 15.9 Å². The molecule has 0 spiro atoms. The molecule has 154 valence electrons. The molecule has 2 saturated carbocycles. The van der Waals surface area contributed by atoms with Crippen molar-refractivity contribution in [3.05, 3.63) is 58.1 Å². The highest BCUT2D eigenvalue weighted by Crippen LogP contribution is 2.44. The van der Waals surface area contributed by atoms with Gasteiger partial charge in [0.2, 0.25) is 0 Å². The smallest absolute Gasteiger partial charge is 0.263 e. The van der Waals surface area contributed by atoms with Crippen molar-refractivity contribution in [2.45, 2.75) is 50.5 Å². The largest absolute Gasteiger partial charge is 0.349 e. The molecule has 5 nitrogen and oxygen atoms in total. The summed E-state index contributed by atoms with van der Waals surface area (Å²) in [5, 5.41) is 3.17. The number of amides is 1. The highest BCUT2D eigenvalue weighted by molar-refractivity contribution is 7.92. The lowest BCUT2D eigenvalue weighted by molar-refractivity contribution is 0.0922. The van der Waals surface area contributed by atoms with Crippen LogP contribution in [0, 0.1) is 25.7 Å². The zero-order chi connectivity index (χ0) is 20.8. The fraction of sp³-hybridized carbons (Fsp3) is 0.409. The molecule has 4 rings (SSSR count). The highest BCUT2D eigenvalue weighted by Gasteiger charge is 2.40. The van der Waals surface area contributed by atoms with E-state index in [0.29, 0.717) is 23.1 Å². The second-order valence-corrected chi connectivity index (χ2v) is 10.4. The lowest BCUT2D eigenvalue weighted by Gasteiger charge is -2.23. The molecule has 0 aliphatic heterocycles. The second kappa shape index (κ2) is 7.65. The van der Waals surface area contributed by atoms with Crippen molar-refractivity contribution in [2.24, 2.45) is 11.8 Å². The van der Waals surface area contributed by atoms with Crippen molar-refractivity contribution in [3.8, 4) is 0 Å². The van der Waals surface area contributed by atoms with Crippen LogP contribution < -0.4 is 10.0 Å². The average molecular weight is 433 g/mol. The van der Waals surface area contributed by atoms with E-state index in [9.17, 15) is 13.2 Å². The minimum atomic E-state index is -3.93. The first-order chi connectivity index (χ1) is 13.7. The number of carbonyl (C=O) groups is 1. The van der Waals surface area contributed by atoms with Crippen molar-refractivity contribution in [3.63, 3.8) is 0 Å². The highest BCUT2D eigenvalue weighted by atomic mass is 35.5. The molecule has 7 heteroatoms. The van der Waals surface area contributed by atoms with Gasteiger partial charge in [-0.05, 0) is 86.4 Å². The van der Waals surface area contributed by atoms with Crippen LogP contribution in [0.25, 0.3) is 0 Å². The third-order valence-corrected chi connectivity index (χ3v) is 7.87.